The Hall–Kier alpha value is -2.72. The smallest absolute Gasteiger partial charge is 0.260 e. The van der Waals surface area contributed by atoms with Gasteiger partial charge < -0.3 is 14.7 Å². The van der Waals surface area contributed by atoms with Crippen molar-refractivity contribution in [2.45, 2.75) is 11.8 Å². The third kappa shape index (κ3) is 4.65. The molecule has 0 radical (unpaired) electrons. The molecular weight excluding hydrogens is 406 g/mol. The monoisotopic (exact) mass is 426 g/mol. The molecule has 0 atom stereocenters. The molecule has 156 valence electrons. The van der Waals surface area contributed by atoms with E-state index in [-0.39, 0.29) is 42.6 Å². The number of sulfonamides is 1. The Balaban J connectivity index is 1.59. The summed E-state index contributed by atoms with van der Waals surface area (Å²) >= 11 is 0. The molecule has 1 aliphatic heterocycles. The molecule has 0 bridgehead atoms. The number of amides is 1. The molecule has 1 aliphatic rings. The van der Waals surface area contributed by atoms with Crippen LogP contribution >= 0.6 is 0 Å². The number of aryl methyl sites for hydroxylation is 1. The van der Waals surface area contributed by atoms with E-state index < -0.39 is 34.2 Å². The number of hydrogen-bond donors (Lipinski definition) is 1. The van der Waals surface area contributed by atoms with Gasteiger partial charge in [-0.25, -0.2) is 17.2 Å². The van der Waals surface area contributed by atoms with Crippen LogP contribution in [0, 0.1) is 18.6 Å². The molecule has 2 aromatic carbocycles. The van der Waals surface area contributed by atoms with Crippen molar-refractivity contribution in [3.05, 3.63) is 53.6 Å². The van der Waals surface area contributed by atoms with Crippen molar-refractivity contribution in [2.24, 2.45) is 0 Å². The molecule has 3 rings (SSSR count). The molecule has 1 N–H and O–H groups in total. The van der Waals surface area contributed by atoms with Crippen LogP contribution in [0.1, 0.15) is 5.56 Å². The molecule has 10 heteroatoms. The first-order valence-corrected chi connectivity index (χ1v) is 10.3. The van der Waals surface area contributed by atoms with Crippen molar-refractivity contribution in [3.8, 4) is 11.5 Å². The van der Waals surface area contributed by atoms with Crippen LogP contribution in [0.5, 0.6) is 11.5 Å². The number of carbonyl (C=O) groups is 1. The molecule has 0 aliphatic carbocycles. The van der Waals surface area contributed by atoms with Crippen LogP contribution in [-0.4, -0.2) is 61.4 Å². The van der Waals surface area contributed by atoms with E-state index >= 15 is 0 Å². The summed E-state index contributed by atoms with van der Waals surface area (Å²) in [5, 5.41) is 9.92. The Morgan fingerprint density at radius 2 is 1.79 bits per heavy atom. The molecule has 1 heterocycles. The number of piperazine rings is 1. The summed E-state index contributed by atoms with van der Waals surface area (Å²) in [6.45, 7) is 1.62. The van der Waals surface area contributed by atoms with E-state index in [1.807, 2.05) is 0 Å². The molecule has 2 aromatic rings. The fraction of sp³-hybridized carbons (Fsp3) is 0.316. The maximum atomic E-state index is 13.6. The fourth-order valence-electron chi connectivity index (χ4n) is 2.97. The molecule has 7 nitrogen and oxygen atoms in total. The molecule has 0 unspecified atom stereocenters. The number of benzene rings is 2. The van der Waals surface area contributed by atoms with E-state index in [1.165, 1.54) is 21.3 Å². The van der Waals surface area contributed by atoms with Gasteiger partial charge in [-0.15, -0.1) is 0 Å². The number of carbonyl (C=O) groups excluding carboxylic acids is 1. The van der Waals surface area contributed by atoms with Crippen LogP contribution in [0.25, 0.3) is 0 Å². The average molecular weight is 426 g/mol. The van der Waals surface area contributed by atoms with Crippen molar-refractivity contribution in [3.63, 3.8) is 0 Å². The Morgan fingerprint density at radius 3 is 2.45 bits per heavy atom. The van der Waals surface area contributed by atoms with Gasteiger partial charge in [0.1, 0.15) is 16.5 Å². The second-order valence-electron chi connectivity index (χ2n) is 6.62. The van der Waals surface area contributed by atoms with Gasteiger partial charge >= 0.3 is 0 Å². The summed E-state index contributed by atoms with van der Waals surface area (Å²) in [5.41, 5.74) is 0.695. The van der Waals surface area contributed by atoms with Gasteiger partial charge in [0.05, 0.1) is 0 Å². The highest BCUT2D eigenvalue weighted by atomic mass is 32.2. The minimum Gasteiger partial charge on any atom is -0.507 e. The summed E-state index contributed by atoms with van der Waals surface area (Å²) in [6, 6.07) is 7.10. The van der Waals surface area contributed by atoms with E-state index in [9.17, 15) is 27.1 Å². The molecule has 29 heavy (non-hydrogen) atoms. The lowest BCUT2D eigenvalue weighted by molar-refractivity contribution is -0.134. The Labute approximate surface area is 167 Å². The van der Waals surface area contributed by atoms with Crippen LogP contribution in [0.3, 0.4) is 0 Å². The predicted octanol–water partition coefficient (Wildman–Crippen LogP) is 1.89. The summed E-state index contributed by atoms with van der Waals surface area (Å²) < 4.78 is 58.3. The van der Waals surface area contributed by atoms with Crippen LogP contribution in [-0.2, 0) is 14.8 Å². The van der Waals surface area contributed by atoms with Crippen molar-refractivity contribution >= 4 is 15.9 Å². The number of rotatable bonds is 5. The van der Waals surface area contributed by atoms with Gasteiger partial charge in [-0.1, -0.05) is 6.07 Å². The Bertz CT molecular complexity index is 1020. The molecule has 0 spiro atoms. The quantitative estimate of drug-likeness (QED) is 0.789. The van der Waals surface area contributed by atoms with E-state index in [1.54, 1.807) is 13.0 Å². The van der Waals surface area contributed by atoms with Crippen LogP contribution in [0.15, 0.2) is 41.3 Å². The lowest BCUT2D eigenvalue weighted by Crippen LogP contribution is -2.51. The maximum absolute atomic E-state index is 13.6. The number of phenols is 1. The number of halogens is 2. The molecular formula is C19H20F2N2O5S. The van der Waals surface area contributed by atoms with Gasteiger partial charge in [0.2, 0.25) is 10.0 Å². The van der Waals surface area contributed by atoms with Crippen LogP contribution < -0.4 is 4.74 Å². The number of ether oxygens (including phenoxy) is 1. The van der Waals surface area contributed by atoms with Gasteiger partial charge in [0.25, 0.3) is 5.91 Å². The first-order chi connectivity index (χ1) is 13.7. The van der Waals surface area contributed by atoms with Crippen molar-refractivity contribution < 1.29 is 31.8 Å². The molecule has 0 aromatic heterocycles. The van der Waals surface area contributed by atoms with E-state index in [0.29, 0.717) is 11.6 Å². The topological polar surface area (TPSA) is 87.2 Å². The second-order valence-corrected chi connectivity index (χ2v) is 8.53. The summed E-state index contributed by atoms with van der Waals surface area (Å²) in [5.74, 6) is -2.67. The average Bonchev–Trinajstić information content (AvgIpc) is 2.69. The van der Waals surface area contributed by atoms with E-state index in [0.717, 1.165) is 12.1 Å². The standard InChI is InChI=1S/C19H20F2N2O5S/c1-13-2-4-16(24)18(10-13)29(26,27)23-8-6-22(7-9-23)19(25)12-28-17-5-3-14(20)11-15(17)21/h2-5,10-11,24H,6-9,12H2,1H3. The number of nitrogens with zero attached hydrogens (tertiary/aromatic N) is 2. The number of aromatic hydroxyl groups is 1. The zero-order valence-electron chi connectivity index (χ0n) is 15.6. The zero-order chi connectivity index (χ0) is 21.2. The molecule has 1 fully saturated rings. The normalized spacial score (nSPS) is 15.3. The molecule has 1 amide bonds. The zero-order valence-corrected chi connectivity index (χ0v) is 16.5. The lowest BCUT2D eigenvalue weighted by atomic mass is 10.2. The van der Waals surface area contributed by atoms with E-state index in [2.05, 4.69) is 0 Å². The third-order valence-corrected chi connectivity index (χ3v) is 6.50. The summed E-state index contributed by atoms with van der Waals surface area (Å²) in [4.78, 5) is 13.5. The van der Waals surface area contributed by atoms with Gasteiger partial charge in [-0.3, -0.25) is 4.79 Å². The summed E-state index contributed by atoms with van der Waals surface area (Å²) in [6.07, 6.45) is 0. The lowest BCUT2D eigenvalue weighted by Gasteiger charge is -2.34. The molecule has 1 saturated heterocycles. The van der Waals surface area contributed by atoms with Gasteiger partial charge in [-0.05, 0) is 36.8 Å². The number of phenolic OH excluding ortho intramolecular Hbond substituents is 1. The Kier molecular flexibility index (Phi) is 6.04. The maximum Gasteiger partial charge on any atom is 0.260 e. The predicted molar refractivity (Wildman–Crippen MR) is 100 cm³/mol. The minimum absolute atomic E-state index is 0.0480. The first-order valence-electron chi connectivity index (χ1n) is 8.84. The summed E-state index contributed by atoms with van der Waals surface area (Å²) in [7, 11) is -3.90. The third-order valence-electron chi connectivity index (χ3n) is 4.57. The second kappa shape index (κ2) is 8.34. The SMILES string of the molecule is Cc1ccc(O)c(S(=O)(=O)N2CCN(C(=O)COc3ccc(F)cc3F)CC2)c1. The van der Waals surface area contributed by atoms with E-state index in [4.69, 9.17) is 4.74 Å². The molecule has 0 saturated carbocycles. The highest BCUT2D eigenvalue weighted by molar-refractivity contribution is 7.89. The van der Waals surface area contributed by atoms with Crippen LogP contribution in [0.4, 0.5) is 8.78 Å². The number of hydrogen-bond acceptors (Lipinski definition) is 5. The van der Waals surface area contributed by atoms with Gasteiger partial charge in [-0.2, -0.15) is 4.31 Å². The van der Waals surface area contributed by atoms with Gasteiger partial charge in [0.15, 0.2) is 18.2 Å². The largest absolute Gasteiger partial charge is 0.507 e. The van der Waals surface area contributed by atoms with Crippen molar-refractivity contribution in [2.75, 3.05) is 32.8 Å². The van der Waals surface area contributed by atoms with Crippen molar-refractivity contribution in [1.82, 2.24) is 9.21 Å². The Morgan fingerprint density at radius 1 is 1.10 bits per heavy atom. The fourth-order valence-corrected chi connectivity index (χ4v) is 4.56. The van der Waals surface area contributed by atoms with Crippen molar-refractivity contribution in [1.29, 1.82) is 0 Å². The minimum atomic E-state index is -3.90. The van der Waals surface area contributed by atoms with Gasteiger partial charge in [0, 0.05) is 32.2 Å². The van der Waals surface area contributed by atoms with Crippen LogP contribution in [0.2, 0.25) is 0 Å². The highest BCUT2D eigenvalue weighted by Crippen LogP contribution is 2.27. The first kappa shape index (κ1) is 21.0. The highest BCUT2D eigenvalue weighted by Gasteiger charge is 2.32.